The molecule has 0 fully saturated rings. The van der Waals surface area contributed by atoms with Crippen LogP contribution in [0, 0.1) is 6.92 Å². The molecule has 6 nitrogen and oxygen atoms in total. The number of nitrogens with zero attached hydrogens (tertiary/aromatic N) is 3. The molecule has 3 N–H and O–H groups in total. The summed E-state index contributed by atoms with van der Waals surface area (Å²) >= 11 is 0. The van der Waals surface area contributed by atoms with Crippen molar-refractivity contribution in [2.24, 2.45) is 0 Å². The largest absolute Gasteiger partial charge is 0.508 e. The number of aromatic hydroxyl groups is 1. The van der Waals surface area contributed by atoms with Crippen LogP contribution in [0.3, 0.4) is 0 Å². The molecule has 1 heterocycles. The molecule has 0 unspecified atom stereocenters. The molecule has 2 aromatic rings. The second kappa shape index (κ2) is 6.19. The first kappa shape index (κ1) is 13.4. The highest BCUT2D eigenvalue weighted by molar-refractivity contribution is 5.50. The maximum Gasteiger partial charge on any atom is 0.120 e. The molecule has 2 rings (SSSR count). The Bertz CT molecular complexity index is 539. The predicted octanol–water partition coefficient (Wildman–Crippen LogP) is 1.29. The van der Waals surface area contributed by atoms with Gasteiger partial charge in [-0.2, -0.15) is 0 Å². The highest BCUT2D eigenvalue weighted by Crippen LogP contribution is 2.20. The molecule has 19 heavy (non-hydrogen) atoms. The summed E-state index contributed by atoms with van der Waals surface area (Å²) in [6.07, 6.45) is 2.51. The molecule has 0 aliphatic rings. The summed E-state index contributed by atoms with van der Waals surface area (Å²) in [6, 6.07) is 5.45. The van der Waals surface area contributed by atoms with Gasteiger partial charge in [0.05, 0.1) is 12.7 Å². The first-order valence-corrected chi connectivity index (χ1v) is 6.22. The minimum Gasteiger partial charge on any atom is -0.508 e. The summed E-state index contributed by atoms with van der Waals surface area (Å²) in [7, 11) is 0. The number of anilines is 1. The summed E-state index contributed by atoms with van der Waals surface area (Å²) in [5.41, 5.74) is 2.51. The van der Waals surface area contributed by atoms with E-state index >= 15 is 0 Å². The molecule has 0 radical (unpaired) electrons. The summed E-state index contributed by atoms with van der Waals surface area (Å²) in [4.78, 5) is 0. The van der Waals surface area contributed by atoms with Gasteiger partial charge in [0.25, 0.3) is 0 Å². The quantitative estimate of drug-likeness (QED) is 0.730. The molecule has 102 valence electrons. The fourth-order valence-electron chi connectivity index (χ4n) is 1.67. The lowest BCUT2D eigenvalue weighted by Crippen LogP contribution is -2.01. The van der Waals surface area contributed by atoms with Gasteiger partial charge >= 0.3 is 0 Å². The van der Waals surface area contributed by atoms with E-state index in [1.807, 2.05) is 25.3 Å². The number of aryl methyl sites for hydroxylation is 2. The molecule has 0 saturated carbocycles. The van der Waals surface area contributed by atoms with Crippen LogP contribution in [0.15, 0.2) is 24.4 Å². The summed E-state index contributed by atoms with van der Waals surface area (Å²) < 4.78 is 1.71. The Labute approximate surface area is 111 Å². The van der Waals surface area contributed by atoms with Gasteiger partial charge in [0.1, 0.15) is 11.4 Å². The maximum absolute atomic E-state index is 9.60. The fourth-order valence-corrected chi connectivity index (χ4v) is 1.67. The van der Waals surface area contributed by atoms with E-state index in [2.05, 4.69) is 15.6 Å². The second-order valence-corrected chi connectivity index (χ2v) is 4.40. The number of aromatic nitrogens is 3. The van der Waals surface area contributed by atoms with E-state index in [4.69, 9.17) is 5.11 Å². The molecule has 0 aliphatic heterocycles. The third-order valence-electron chi connectivity index (χ3n) is 2.81. The maximum atomic E-state index is 9.60. The zero-order valence-corrected chi connectivity index (χ0v) is 10.9. The first-order valence-electron chi connectivity index (χ1n) is 6.22. The molecule has 0 atom stereocenters. The lowest BCUT2D eigenvalue weighted by Gasteiger charge is -2.06. The average molecular weight is 262 g/mol. The Morgan fingerprint density at radius 3 is 2.95 bits per heavy atom. The fraction of sp³-hybridized carbons (Fsp3) is 0.385. The van der Waals surface area contributed by atoms with Crippen LogP contribution in [0.25, 0.3) is 0 Å². The van der Waals surface area contributed by atoms with Crippen LogP contribution < -0.4 is 5.32 Å². The van der Waals surface area contributed by atoms with Crippen LogP contribution in [0.5, 0.6) is 5.75 Å². The topological polar surface area (TPSA) is 83.2 Å². The van der Waals surface area contributed by atoms with Gasteiger partial charge in [0.15, 0.2) is 0 Å². The van der Waals surface area contributed by atoms with Gasteiger partial charge in [-0.05, 0) is 25.0 Å². The monoisotopic (exact) mass is 262 g/mol. The number of nitrogens with one attached hydrogen (secondary N) is 1. The van der Waals surface area contributed by atoms with Crippen molar-refractivity contribution in [1.29, 1.82) is 0 Å². The number of aliphatic hydroxyl groups excluding tert-OH is 1. The van der Waals surface area contributed by atoms with E-state index in [1.165, 1.54) is 0 Å². The van der Waals surface area contributed by atoms with Crippen molar-refractivity contribution < 1.29 is 10.2 Å². The van der Waals surface area contributed by atoms with Gasteiger partial charge in [-0.25, -0.2) is 0 Å². The molecule has 6 heteroatoms. The van der Waals surface area contributed by atoms with Crippen molar-refractivity contribution in [3.05, 3.63) is 35.7 Å². The molecule has 1 aromatic carbocycles. The molecule has 0 bridgehead atoms. The third-order valence-corrected chi connectivity index (χ3v) is 2.81. The average Bonchev–Trinajstić information content (AvgIpc) is 2.86. The van der Waals surface area contributed by atoms with Crippen molar-refractivity contribution in [1.82, 2.24) is 15.0 Å². The van der Waals surface area contributed by atoms with Crippen LogP contribution in [0.2, 0.25) is 0 Å². The summed E-state index contributed by atoms with van der Waals surface area (Å²) in [5.74, 6) is 0.275. The van der Waals surface area contributed by atoms with Crippen LogP contribution in [-0.4, -0.2) is 31.8 Å². The normalized spacial score (nSPS) is 10.6. The first-order chi connectivity index (χ1) is 9.19. The smallest absolute Gasteiger partial charge is 0.120 e. The zero-order valence-electron chi connectivity index (χ0n) is 10.9. The number of hydrogen-bond donors (Lipinski definition) is 3. The van der Waals surface area contributed by atoms with Gasteiger partial charge in [-0.3, -0.25) is 4.68 Å². The number of hydrogen-bond acceptors (Lipinski definition) is 5. The van der Waals surface area contributed by atoms with Gasteiger partial charge in [0, 0.05) is 24.9 Å². The minimum atomic E-state index is 0.149. The van der Waals surface area contributed by atoms with Crippen LogP contribution in [0.4, 0.5) is 5.69 Å². The van der Waals surface area contributed by atoms with E-state index in [0.717, 1.165) is 16.9 Å². The van der Waals surface area contributed by atoms with Crippen molar-refractivity contribution in [2.45, 2.75) is 26.4 Å². The van der Waals surface area contributed by atoms with Crippen LogP contribution in [-0.2, 0) is 13.1 Å². The van der Waals surface area contributed by atoms with E-state index in [-0.39, 0.29) is 12.4 Å². The van der Waals surface area contributed by atoms with Crippen molar-refractivity contribution >= 4 is 5.69 Å². The lowest BCUT2D eigenvalue weighted by atomic mass is 10.2. The molecule has 1 aromatic heterocycles. The summed E-state index contributed by atoms with van der Waals surface area (Å²) in [6.45, 7) is 3.21. The molecular weight excluding hydrogens is 244 g/mol. The number of phenols is 1. The third kappa shape index (κ3) is 3.69. The van der Waals surface area contributed by atoms with E-state index in [9.17, 15) is 5.11 Å². The molecular formula is C13H18N4O2. The molecule has 0 aliphatic carbocycles. The van der Waals surface area contributed by atoms with E-state index in [1.54, 1.807) is 10.7 Å². The number of benzene rings is 1. The Balaban J connectivity index is 1.91. The van der Waals surface area contributed by atoms with Crippen molar-refractivity contribution in [3.8, 4) is 5.75 Å². The van der Waals surface area contributed by atoms with Crippen LogP contribution in [0.1, 0.15) is 17.7 Å². The Hall–Kier alpha value is -2.08. The van der Waals surface area contributed by atoms with Crippen molar-refractivity contribution in [2.75, 3.05) is 11.9 Å². The van der Waals surface area contributed by atoms with Gasteiger partial charge in [0.2, 0.25) is 0 Å². The van der Waals surface area contributed by atoms with Gasteiger partial charge in [-0.1, -0.05) is 11.3 Å². The Morgan fingerprint density at radius 2 is 2.21 bits per heavy atom. The van der Waals surface area contributed by atoms with Crippen molar-refractivity contribution in [3.63, 3.8) is 0 Å². The molecule has 0 saturated heterocycles. The molecule has 0 spiro atoms. The minimum absolute atomic E-state index is 0.149. The van der Waals surface area contributed by atoms with Gasteiger partial charge in [-0.15, -0.1) is 5.10 Å². The van der Waals surface area contributed by atoms with Gasteiger partial charge < -0.3 is 15.5 Å². The predicted molar refractivity (Wildman–Crippen MR) is 71.9 cm³/mol. The van der Waals surface area contributed by atoms with E-state index < -0.39 is 0 Å². The highest BCUT2D eigenvalue weighted by atomic mass is 16.3. The number of rotatable bonds is 6. The zero-order chi connectivity index (χ0) is 13.7. The number of phenolic OH excluding ortho intramolecular Hbond substituents is 1. The highest BCUT2D eigenvalue weighted by Gasteiger charge is 2.02. The molecule has 0 amide bonds. The Morgan fingerprint density at radius 1 is 1.37 bits per heavy atom. The van der Waals surface area contributed by atoms with E-state index in [0.29, 0.717) is 19.5 Å². The van der Waals surface area contributed by atoms with Crippen LogP contribution >= 0.6 is 0 Å². The SMILES string of the molecule is Cc1ccc(NCc2cn(CCCO)nn2)cc1O. The standard InChI is InChI=1S/C13H18N4O2/c1-10-3-4-11(7-13(10)19)14-8-12-9-17(16-15-12)5-2-6-18/h3-4,7,9,14,18-19H,2,5-6,8H2,1H3. The number of aliphatic hydroxyl groups is 1. The summed E-state index contributed by atoms with van der Waals surface area (Å²) in [5, 5.41) is 29.5. The Kier molecular flexibility index (Phi) is 4.35. The second-order valence-electron chi connectivity index (χ2n) is 4.40. The lowest BCUT2D eigenvalue weighted by molar-refractivity contribution is 0.276.